The van der Waals surface area contributed by atoms with E-state index in [0.717, 1.165) is 32.5 Å². The quantitative estimate of drug-likeness (QED) is 0.736. The van der Waals surface area contributed by atoms with Crippen LogP contribution in [0, 0.1) is 6.92 Å². The summed E-state index contributed by atoms with van der Waals surface area (Å²) >= 11 is 0. The molecular formula is C19H26N4O5. The Labute approximate surface area is 162 Å². The molecule has 3 heterocycles. The van der Waals surface area contributed by atoms with Crippen LogP contribution >= 0.6 is 0 Å². The van der Waals surface area contributed by atoms with E-state index in [9.17, 15) is 14.4 Å². The van der Waals surface area contributed by atoms with E-state index < -0.39 is 11.5 Å². The molecule has 9 heteroatoms. The number of hydrogen-bond donors (Lipinski definition) is 1. The summed E-state index contributed by atoms with van der Waals surface area (Å²) in [7, 11) is 0. The van der Waals surface area contributed by atoms with Crippen LogP contribution in [0.3, 0.4) is 0 Å². The Morgan fingerprint density at radius 2 is 2.04 bits per heavy atom. The molecule has 1 N–H and O–H groups in total. The number of carbonyl (C=O) groups excluding carboxylic acids is 2. The SMILES string of the molecule is CCOC(=O)c1c(C)oc2ncn(CC(=O)NC3CCN(CC)CC3)c(=O)c12. The minimum Gasteiger partial charge on any atom is -0.462 e. The molecule has 0 aliphatic carbocycles. The predicted octanol–water partition coefficient (Wildman–Crippen LogP) is 1.08. The second-order valence-electron chi connectivity index (χ2n) is 6.89. The number of furan rings is 1. The predicted molar refractivity (Wildman–Crippen MR) is 102 cm³/mol. The van der Waals surface area contributed by atoms with Gasteiger partial charge in [-0.25, -0.2) is 9.78 Å². The first kappa shape index (κ1) is 20.1. The normalized spacial score (nSPS) is 15.7. The Morgan fingerprint density at radius 3 is 2.68 bits per heavy atom. The fourth-order valence-electron chi connectivity index (χ4n) is 3.52. The van der Waals surface area contributed by atoms with Gasteiger partial charge in [0.2, 0.25) is 11.6 Å². The molecule has 0 atom stereocenters. The van der Waals surface area contributed by atoms with Crippen LogP contribution in [0.15, 0.2) is 15.5 Å². The molecule has 2 aromatic heterocycles. The highest BCUT2D eigenvalue weighted by molar-refractivity contribution is 6.03. The second kappa shape index (κ2) is 8.55. The van der Waals surface area contributed by atoms with E-state index in [0.29, 0.717) is 0 Å². The minimum atomic E-state index is -0.637. The van der Waals surface area contributed by atoms with E-state index >= 15 is 0 Å². The lowest BCUT2D eigenvalue weighted by molar-refractivity contribution is -0.122. The van der Waals surface area contributed by atoms with Crippen LogP contribution in [0.25, 0.3) is 11.1 Å². The van der Waals surface area contributed by atoms with Crippen molar-refractivity contribution in [2.75, 3.05) is 26.2 Å². The molecule has 9 nitrogen and oxygen atoms in total. The van der Waals surface area contributed by atoms with E-state index in [2.05, 4.69) is 22.1 Å². The van der Waals surface area contributed by atoms with Gasteiger partial charge in [-0.15, -0.1) is 0 Å². The number of fused-ring (bicyclic) bond motifs is 1. The largest absolute Gasteiger partial charge is 0.462 e. The average molecular weight is 390 g/mol. The van der Waals surface area contributed by atoms with E-state index in [1.54, 1.807) is 13.8 Å². The van der Waals surface area contributed by atoms with Gasteiger partial charge in [-0.3, -0.25) is 14.2 Å². The Balaban J connectivity index is 1.77. The summed E-state index contributed by atoms with van der Waals surface area (Å²) in [5.74, 6) is -0.624. The molecule has 1 amide bonds. The summed E-state index contributed by atoms with van der Waals surface area (Å²) in [5, 5.41) is 3.03. The highest BCUT2D eigenvalue weighted by atomic mass is 16.5. The molecule has 0 radical (unpaired) electrons. The molecule has 0 spiro atoms. The van der Waals surface area contributed by atoms with Crippen LogP contribution in [0.1, 0.15) is 42.8 Å². The third-order valence-corrected chi connectivity index (χ3v) is 5.05. The number of piperidine rings is 1. The van der Waals surface area contributed by atoms with Crippen molar-refractivity contribution in [1.82, 2.24) is 19.8 Å². The van der Waals surface area contributed by atoms with Crippen molar-refractivity contribution in [3.63, 3.8) is 0 Å². The Bertz CT molecular complexity index is 924. The lowest BCUT2D eigenvalue weighted by atomic mass is 10.1. The Kier molecular flexibility index (Phi) is 6.13. The van der Waals surface area contributed by atoms with Crippen LogP contribution in [0.4, 0.5) is 0 Å². The monoisotopic (exact) mass is 390 g/mol. The molecule has 1 aliphatic heterocycles. The number of aryl methyl sites for hydroxylation is 1. The molecule has 152 valence electrons. The number of carbonyl (C=O) groups is 2. The topological polar surface area (TPSA) is 107 Å². The zero-order valence-electron chi connectivity index (χ0n) is 16.5. The van der Waals surface area contributed by atoms with Crippen molar-refractivity contribution in [3.8, 4) is 0 Å². The maximum atomic E-state index is 12.8. The smallest absolute Gasteiger partial charge is 0.342 e. The van der Waals surface area contributed by atoms with Crippen molar-refractivity contribution in [2.45, 2.75) is 46.2 Å². The van der Waals surface area contributed by atoms with Gasteiger partial charge in [0.25, 0.3) is 5.56 Å². The third kappa shape index (κ3) is 4.09. The van der Waals surface area contributed by atoms with Crippen LogP contribution in [0.5, 0.6) is 0 Å². The van der Waals surface area contributed by atoms with Gasteiger partial charge < -0.3 is 19.4 Å². The van der Waals surface area contributed by atoms with Crippen molar-refractivity contribution < 1.29 is 18.7 Å². The van der Waals surface area contributed by atoms with Gasteiger partial charge in [0.05, 0.1) is 6.61 Å². The molecule has 2 aromatic rings. The number of likely N-dealkylation sites (tertiary alicyclic amines) is 1. The Hall–Kier alpha value is -2.68. The first-order chi connectivity index (χ1) is 13.4. The summed E-state index contributed by atoms with van der Waals surface area (Å²) in [6.45, 7) is 8.30. The molecule has 1 fully saturated rings. The van der Waals surface area contributed by atoms with Crippen LogP contribution in [-0.4, -0.2) is 58.6 Å². The van der Waals surface area contributed by atoms with Gasteiger partial charge in [-0.05, 0) is 33.2 Å². The summed E-state index contributed by atoms with van der Waals surface area (Å²) in [4.78, 5) is 43.9. The maximum Gasteiger partial charge on any atom is 0.342 e. The van der Waals surface area contributed by atoms with E-state index in [1.165, 1.54) is 10.9 Å². The Morgan fingerprint density at radius 1 is 1.32 bits per heavy atom. The highest BCUT2D eigenvalue weighted by Crippen LogP contribution is 2.21. The standard InChI is InChI=1S/C19H26N4O5/c1-4-22-8-6-13(7-9-22)21-14(24)10-23-11-20-17-16(18(23)25)15(12(3)28-17)19(26)27-5-2/h11,13H,4-10H2,1-3H3,(H,21,24). The molecule has 0 unspecified atom stereocenters. The first-order valence-electron chi connectivity index (χ1n) is 9.61. The third-order valence-electron chi connectivity index (χ3n) is 5.05. The van der Waals surface area contributed by atoms with Crippen molar-refractivity contribution in [3.05, 3.63) is 28.0 Å². The first-order valence-corrected chi connectivity index (χ1v) is 9.61. The van der Waals surface area contributed by atoms with Gasteiger partial charge in [0, 0.05) is 19.1 Å². The van der Waals surface area contributed by atoms with Crippen LogP contribution in [0.2, 0.25) is 0 Å². The van der Waals surface area contributed by atoms with Gasteiger partial charge in [0.15, 0.2) is 0 Å². The minimum absolute atomic E-state index is 0.0440. The second-order valence-corrected chi connectivity index (χ2v) is 6.89. The maximum absolute atomic E-state index is 12.8. The summed E-state index contributed by atoms with van der Waals surface area (Å²) < 4.78 is 11.6. The molecule has 0 aromatic carbocycles. The number of ether oxygens (including phenoxy) is 1. The lowest BCUT2D eigenvalue weighted by Gasteiger charge is -2.31. The van der Waals surface area contributed by atoms with Crippen LogP contribution in [-0.2, 0) is 16.1 Å². The zero-order valence-corrected chi connectivity index (χ0v) is 16.5. The molecular weight excluding hydrogens is 364 g/mol. The number of amides is 1. The van der Waals surface area contributed by atoms with E-state index in [-0.39, 0.29) is 47.5 Å². The summed E-state index contributed by atoms with van der Waals surface area (Å²) in [6.07, 6.45) is 3.04. The number of esters is 1. The van der Waals surface area contributed by atoms with Gasteiger partial charge in [0.1, 0.15) is 29.6 Å². The molecule has 28 heavy (non-hydrogen) atoms. The molecule has 3 rings (SSSR count). The molecule has 0 saturated carbocycles. The van der Waals surface area contributed by atoms with Crippen molar-refractivity contribution in [2.24, 2.45) is 0 Å². The average Bonchev–Trinajstić information content (AvgIpc) is 3.01. The number of hydrogen-bond acceptors (Lipinski definition) is 7. The zero-order chi connectivity index (χ0) is 20.3. The van der Waals surface area contributed by atoms with E-state index in [4.69, 9.17) is 9.15 Å². The summed E-state index contributed by atoms with van der Waals surface area (Å²) in [5.41, 5.74) is -0.369. The lowest BCUT2D eigenvalue weighted by Crippen LogP contribution is -2.46. The van der Waals surface area contributed by atoms with E-state index in [1.807, 2.05) is 0 Å². The molecule has 1 aliphatic rings. The van der Waals surface area contributed by atoms with Crippen molar-refractivity contribution in [1.29, 1.82) is 0 Å². The van der Waals surface area contributed by atoms with Gasteiger partial charge in [-0.2, -0.15) is 0 Å². The van der Waals surface area contributed by atoms with Crippen LogP contribution < -0.4 is 10.9 Å². The molecule has 1 saturated heterocycles. The van der Waals surface area contributed by atoms with Crippen molar-refractivity contribution >= 4 is 23.0 Å². The molecule has 0 bridgehead atoms. The fourth-order valence-corrected chi connectivity index (χ4v) is 3.52. The number of rotatable bonds is 6. The van der Waals surface area contributed by atoms with Gasteiger partial charge >= 0.3 is 5.97 Å². The number of nitrogens with one attached hydrogen (secondary N) is 1. The fraction of sp³-hybridized carbons (Fsp3) is 0.579. The highest BCUT2D eigenvalue weighted by Gasteiger charge is 2.25. The number of nitrogens with zero attached hydrogens (tertiary/aromatic N) is 3. The summed E-state index contributed by atoms with van der Waals surface area (Å²) in [6, 6.07) is 0.106. The number of aromatic nitrogens is 2. The van der Waals surface area contributed by atoms with Gasteiger partial charge in [-0.1, -0.05) is 6.92 Å².